The molecule has 3 rings (SSSR count). The molecule has 5 nitrogen and oxygen atoms in total. The zero-order valence-corrected chi connectivity index (χ0v) is 11.3. The summed E-state index contributed by atoms with van der Waals surface area (Å²) in [7, 11) is 1.58. The van der Waals surface area contributed by atoms with Gasteiger partial charge in [-0.1, -0.05) is 18.2 Å². The standard InChI is InChI=1S/C15H17N3O2/c1-19-14-7-6-12(16)15(18-14)17-9-11-8-10-4-2-3-5-13(10)20-11/h2-7,11H,8-9,16H2,1H3,(H,17,18). The smallest absolute Gasteiger partial charge is 0.215 e. The maximum Gasteiger partial charge on any atom is 0.215 e. The van der Waals surface area contributed by atoms with Gasteiger partial charge in [0, 0.05) is 12.5 Å². The number of nitrogens with one attached hydrogen (secondary N) is 1. The number of rotatable bonds is 4. The largest absolute Gasteiger partial charge is 0.488 e. The molecule has 20 heavy (non-hydrogen) atoms. The first-order chi connectivity index (χ1) is 9.76. The minimum absolute atomic E-state index is 0.0970. The lowest BCUT2D eigenvalue weighted by molar-refractivity contribution is 0.246. The van der Waals surface area contributed by atoms with E-state index in [2.05, 4.69) is 16.4 Å². The summed E-state index contributed by atoms with van der Waals surface area (Å²) in [5.41, 5.74) is 7.73. The number of aromatic nitrogens is 1. The molecule has 104 valence electrons. The number of fused-ring (bicyclic) bond motifs is 1. The summed E-state index contributed by atoms with van der Waals surface area (Å²) in [6.07, 6.45) is 0.993. The van der Waals surface area contributed by atoms with E-state index in [1.54, 1.807) is 19.2 Å². The highest BCUT2D eigenvalue weighted by molar-refractivity contribution is 5.62. The van der Waals surface area contributed by atoms with Crippen molar-refractivity contribution in [1.82, 2.24) is 4.98 Å². The monoisotopic (exact) mass is 271 g/mol. The number of anilines is 2. The Kier molecular flexibility index (Phi) is 3.33. The molecule has 0 saturated heterocycles. The van der Waals surface area contributed by atoms with Crippen LogP contribution in [0.4, 0.5) is 11.5 Å². The maximum absolute atomic E-state index is 5.89. The summed E-state index contributed by atoms with van der Waals surface area (Å²) < 4.78 is 11.0. The number of ether oxygens (including phenoxy) is 2. The van der Waals surface area contributed by atoms with Crippen molar-refractivity contribution in [3.8, 4) is 11.6 Å². The molecule has 1 unspecified atom stereocenters. The van der Waals surface area contributed by atoms with E-state index < -0.39 is 0 Å². The van der Waals surface area contributed by atoms with Gasteiger partial charge < -0.3 is 20.5 Å². The molecule has 1 aromatic heterocycles. The van der Waals surface area contributed by atoms with E-state index >= 15 is 0 Å². The molecule has 0 saturated carbocycles. The molecule has 0 spiro atoms. The molecular weight excluding hydrogens is 254 g/mol. The van der Waals surface area contributed by atoms with Crippen LogP contribution < -0.4 is 20.5 Å². The van der Waals surface area contributed by atoms with Crippen molar-refractivity contribution in [2.24, 2.45) is 0 Å². The van der Waals surface area contributed by atoms with Gasteiger partial charge in [0.2, 0.25) is 5.88 Å². The summed E-state index contributed by atoms with van der Waals surface area (Å²) in [6, 6.07) is 11.6. The molecule has 1 aliphatic heterocycles. The van der Waals surface area contributed by atoms with Gasteiger partial charge in [-0.3, -0.25) is 0 Å². The number of hydrogen-bond donors (Lipinski definition) is 2. The quantitative estimate of drug-likeness (QED) is 0.891. The second-order valence-corrected chi connectivity index (χ2v) is 4.72. The summed E-state index contributed by atoms with van der Waals surface area (Å²) in [5.74, 6) is 2.13. The Labute approximate surface area is 117 Å². The summed E-state index contributed by atoms with van der Waals surface area (Å²) >= 11 is 0. The Hall–Kier alpha value is -2.43. The van der Waals surface area contributed by atoms with E-state index in [4.69, 9.17) is 15.2 Å². The number of pyridine rings is 1. The fourth-order valence-corrected chi connectivity index (χ4v) is 2.29. The fourth-order valence-electron chi connectivity index (χ4n) is 2.29. The van der Waals surface area contributed by atoms with Crippen LogP contribution in [0, 0.1) is 0 Å². The SMILES string of the molecule is COc1ccc(N)c(NCC2Cc3ccccc3O2)n1. The lowest BCUT2D eigenvalue weighted by atomic mass is 10.1. The van der Waals surface area contributed by atoms with Crippen molar-refractivity contribution < 1.29 is 9.47 Å². The Morgan fingerprint density at radius 1 is 1.35 bits per heavy atom. The van der Waals surface area contributed by atoms with Crippen molar-refractivity contribution in [3.63, 3.8) is 0 Å². The van der Waals surface area contributed by atoms with Crippen LogP contribution in [0.5, 0.6) is 11.6 Å². The third-order valence-corrected chi connectivity index (χ3v) is 3.32. The molecule has 1 aromatic carbocycles. The van der Waals surface area contributed by atoms with Crippen LogP contribution in [0.25, 0.3) is 0 Å². The van der Waals surface area contributed by atoms with Gasteiger partial charge in [-0.25, -0.2) is 0 Å². The Balaban J connectivity index is 1.64. The van der Waals surface area contributed by atoms with Gasteiger partial charge in [0.05, 0.1) is 19.3 Å². The fraction of sp³-hybridized carbons (Fsp3) is 0.267. The number of hydrogen-bond acceptors (Lipinski definition) is 5. The van der Waals surface area contributed by atoms with Crippen molar-refractivity contribution in [3.05, 3.63) is 42.0 Å². The molecule has 0 radical (unpaired) electrons. The first kappa shape index (κ1) is 12.6. The lowest BCUT2D eigenvalue weighted by Crippen LogP contribution is -2.24. The number of benzene rings is 1. The van der Waals surface area contributed by atoms with E-state index in [0.29, 0.717) is 23.9 Å². The van der Waals surface area contributed by atoms with E-state index in [1.807, 2.05) is 18.2 Å². The van der Waals surface area contributed by atoms with Crippen LogP contribution in [0.3, 0.4) is 0 Å². The number of para-hydroxylation sites is 1. The van der Waals surface area contributed by atoms with Crippen molar-refractivity contribution in [2.75, 3.05) is 24.7 Å². The van der Waals surface area contributed by atoms with Crippen LogP contribution in [-0.4, -0.2) is 24.7 Å². The molecule has 3 N–H and O–H groups in total. The van der Waals surface area contributed by atoms with Crippen molar-refractivity contribution >= 4 is 11.5 Å². The second kappa shape index (κ2) is 5.28. The van der Waals surface area contributed by atoms with Crippen LogP contribution in [0.2, 0.25) is 0 Å². The van der Waals surface area contributed by atoms with Gasteiger partial charge in [0.25, 0.3) is 0 Å². The Bertz CT molecular complexity index is 591. The maximum atomic E-state index is 5.89. The summed E-state index contributed by atoms with van der Waals surface area (Å²) in [4.78, 5) is 4.29. The molecule has 0 fully saturated rings. The zero-order valence-electron chi connectivity index (χ0n) is 11.3. The van der Waals surface area contributed by atoms with Crippen molar-refractivity contribution in [1.29, 1.82) is 0 Å². The van der Waals surface area contributed by atoms with Crippen LogP contribution in [0.15, 0.2) is 36.4 Å². The molecule has 1 aliphatic rings. The van der Waals surface area contributed by atoms with Gasteiger partial charge >= 0.3 is 0 Å². The summed E-state index contributed by atoms with van der Waals surface area (Å²) in [5, 5.41) is 3.22. The molecule has 2 heterocycles. The van der Waals surface area contributed by atoms with Gasteiger partial charge in [-0.2, -0.15) is 4.98 Å². The predicted molar refractivity (Wildman–Crippen MR) is 78.3 cm³/mol. The highest BCUT2D eigenvalue weighted by atomic mass is 16.5. The molecule has 5 heteroatoms. The molecule has 0 amide bonds. The minimum atomic E-state index is 0.0970. The first-order valence-electron chi connectivity index (χ1n) is 6.55. The average molecular weight is 271 g/mol. The first-order valence-corrected chi connectivity index (χ1v) is 6.55. The highest BCUT2D eigenvalue weighted by Crippen LogP contribution is 2.28. The molecular formula is C15H17N3O2. The average Bonchev–Trinajstić information content (AvgIpc) is 2.89. The van der Waals surface area contributed by atoms with Gasteiger partial charge in [-0.05, 0) is 17.7 Å². The van der Waals surface area contributed by atoms with Gasteiger partial charge in [-0.15, -0.1) is 0 Å². The zero-order chi connectivity index (χ0) is 13.9. The Morgan fingerprint density at radius 3 is 3.00 bits per heavy atom. The Morgan fingerprint density at radius 2 is 2.20 bits per heavy atom. The minimum Gasteiger partial charge on any atom is -0.488 e. The highest BCUT2D eigenvalue weighted by Gasteiger charge is 2.22. The number of nitrogens with two attached hydrogens (primary N) is 1. The normalized spacial score (nSPS) is 16.4. The van der Waals surface area contributed by atoms with E-state index in [-0.39, 0.29) is 6.10 Å². The molecule has 1 atom stereocenters. The van der Waals surface area contributed by atoms with Crippen LogP contribution >= 0.6 is 0 Å². The molecule has 0 aliphatic carbocycles. The topological polar surface area (TPSA) is 69.4 Å². The van der Waals surface area contributed by atoms with Gasteiger partial charge in [0.15, 0.2) is 5.82 Å². The number of methoxy groups -OCH3 is 1. The second-order valence-electron chi connectivity index (χ2n) is 4.72. The third-order valence-electron chi connectivity index (χ3n) is 3.32. The summed E-state index contributed by atoms with van der Waals surface area (Å²) in [6.45, 7) is 0.652. The van der Waals surface area contributed by atoms with Crippen LogP contribution in [-0.2, 0) is 6.42 Å². The van der Waals surface area contributed by atoms with Crippen LogP contribution in [0.1, 0.15) is 5.56 Å². The molecule has 0 bridgehead atoms. The number of nitrogens with zero attached hydrogens (tertiary/aromatic N) is 1. The third kappa shape index (κ3) is 2.47. The predicted octanol–water partition coefficient (Wildman–Crippen LogP) is 2.09. The van der Waals surface area contributed by atoms with E-state index in [9.17, 15) is 0 Å². The van der Waals surface area contributed by atoms with E-state index in [1.165, 1.54) is 5.56 Å². The van der Waals surface area contributed by atoms with E-state index in [0.717, 1.165) is 12.2 Å². The number of nitrogen functional groups attached to an aromatic ring is 1. The lowest BCUT2D eigenvalue weighted by Gasteiger charge is -2.14. The van der Waals surface area contributed by atoms with Gasteiger partial charge in [0.1, 0.15) is 11.9 Å². The molecule has 2 aromatic rings. The van der Waals surface area contributed by atoms with Crippen molar-refractivity contribution in [2.45, 2.75) is 12.5 Å².